The van der Waals surface area contributed by atoms with Crippen LogP contribution in [0.3, 0.4) is 0 Å². The number of cyclic esters (lactones) is 1. The Balaban J connectivity index is 2.25. The van der Waals surface area contributed by atoms with Gasteiger partial charge in [0, 0.05) is 25.6 Å². The third-order valence-corrected chi connectivity index (χ3v) is 8.51. The molecule has 0 atom stereocenters. The highest BCUT2D eigenvalue weighted by atomic mass is 79.9. The van der Waals surface area contributed by atoms with E-state index in [1.54, 1.807) is 26.0 Å². The summed E-state index contributed by atoms with van der Waals surface area (Å²) in [6.45, 7) is 7.16. The molecular formula is C25H20Br2O6. The molecule has 0 radical (unpaired) electrons. The summed E-state index contributed by atoms with van der Waals surface area (Å²) >= 11 is 7.21. The molecule has 0 saturated heterocycles. The minimum atomic E-state index is -1.64. The summed E-state index contributed by atoms with van der Waals surface area (Å²) in [5.41, 5.74) is 1.97. The number of phenols is 2. The molecule has 0 saturated carbocycles. The zero-order valence-electron chi connectivity index (χ0n) is 18.2. The van der Waals surface area contributed by atoms with E-state index in [9.17, 15) is 24.9 Å². The maximum absolute atomic E-state index is 13.2. The molecule has 1 aliphatic rings. The van der Waals surface area contributed by atoms with Crippen molar-refractivity contribution in [2.24, 2.45) is 0 Å². The van der Waals surface area contributed by atoms with Crippen LogP contribution in [0, 0.1) is 27.7 Å². The number of fused-ring (bicyclic) bond motifs is 1. The number of halogens is 2. The van der Waals surface area contributed by atoms with Crippen molar-refractivity contribution >= 4 is 43.8 Å². The molecule has 0 bridgehead atoms. The van der Waals surface area contributed by atoms with Gasteiger partial charge in [-0.3, -0.25) is 0 Å². The van der Waals surface area contributed by atoms with Crippen LogP contribution in [0.5, 0.6) is 11.5 Å². The molecule has 170 valence electrons. The molecule has 8 heteroatoms. The number of aromatic hydroxyl groups is 2. The quantitative estimate of drug-likeness (QED) is 0.330. The predicted octanol–water partition coefficient (Wildman–Crippen LogP) is 6.02. The highest BCUT2D eigenvalue weighted by Crippen LogP contribution is 2.54. The Kier molecular flexibility index (Phi) is 5.57. The van der Waals surface area contributed by atoms with Gasteiger partial charge >= 0.3 is 11.9 Å². The SMILES string of the molecule is Cc1c(O)cc(C2(c3cc(O)c(C)c(C)c3Br)OC(=O)c3c(C(=O)O)cccc32)c(Br)c1C. The van der Waals surface area contributed by atoms with E-state index in [0.29, 0.717) is 36.8 Å². The first kappa shape index (κ1) is 23.3. The number of carbonyl (C=O) groups is 2. The summed E-state index contributed by atoms with van der Waals surface area (Å²) < 4.78 is 7.23. The molecular weight excluding hydrogens is 556 g/mol. The van der Waals surface area contributed by atoms with Gasteiger partial charge in [0.1, 0.15) is 11.5 Å². The summed E-state index contributed by atoms with van der Waals surface area (Å²) in [4.78, 5) is 25.1. The Hall–Kier alpha value is -2.84. The Morgan fingerprint density at radius 2 is 1.33 bits per heavy atom. The van der Waals surface area contributed by atoms with Crippen molar-refractivity contribution in [3.63, 3.8) is 0 Å². The molecule has 33 heavy (non-hydrogen) atoms. The number of phenolic OH excluding ortho intramolecular Hbond substituents is 2. The Morgan fingerprint density at radius 1 is 0.848 bits per heavy atom. The third-order valence-electron chi connectivity index (χ3n) is 6.47. The number of hydrogen-bond acceptors (Lipinski definition) is 5. The van der Waals surface area contributed by atoms with Gasteiger partial charge in [-0.1, -0.05) is 44.0 Å². The Labute approximate surface area is 207 Å². The molecule has 0 amide bonds. The van der Waals surface area contributed by atoms with E-state index in [1.165, 1.54) is 18.2 Å². The van der Waals surface area contributed by atoms with Crippen LogP contribution in [-0.2, 0) is 10.3 Å². The van der Waals surface area contributed by atoms with E-state index < -0.39 is 17.5 Å². The maximum atomic E-state index is 13.2. The normalized spacial score (nSPS) is 14.2. The molecule has 0 aliphatic carbocycles. The smallest absolute Gasteiger partial charge is 0.341 e. The highest BCUT2D eigenvalue weighted by Gasteiger charge is 2.52. The second-order valence-electron chi connectivity index (χ2n) is 8.12. The van der Waals surface area contributed by atoms with Gasteiger partial charge in [0.15, 0.2) is 5.60 Å². The first-order valence-electron chi connectivity index (χ1n) is 10.0. The van der Waals surface area contributed by atoms with Crippen molar-refractivity contribution in [2.45, 2.75) is 33.3 Å². The molecule has 6 nitrogen and oxygen atoms in total. The van der Waals surface area contributed by atoms with Crippen molar-refractivity contribution in [3.8, 4) is 11.5 Å². The monoisotopic (exact) mass is 574 g/mol. The van der Waals surface area contributed by atoms with Gasteiger partial charge in [0.05, 0.1) is 11.1 Å². The van der Waals surface area contributed by atoms with Crippen LogP contribution in [0.15, 0.2) is 39.3 Å². The Morgan fingerprint density at radius 3 is 1.79 bits per heavy atom. The molecule has 0 fully saturated rings. The summed E-state index contributed by atoms with van der Waals surface area (Å²) in [5, 5.41) is 31.1. The van der Waals surface area contributed by atoms with E-state index in [-0.39, 0.29) is 22.6 Å². The van der Waals surface area contributed by atoms with Crippen LogP contribution in [0.2, 0.25) is 0 Å². The number of hydrogen-bond donors (Lipinski definition) is 3. The van der Waals surface area contributed by atoms with Crippen molar-refractivity contribution in [1.29, 1.82) is 0 Å². The van der Waals surface area contributed by atoms with Crippen molar-refractivity contribution in [1.82, 2.24) is 0 Å². The minimum absolute atomic E-state index is 0.00635. The van der Waals surface area contributed by atoms with Crippen LogP contribution < -0.4 is 0 Å². The number of esters is 1. The van der Waals surface area contributed by atoms with Gasteiger partial charge < -0.3 is 20.1 Å². The topological polar surface area (TPSA) is 104 Å². The second-order valence-corrected chi connectivity index (χ2v) is 9.70. The molecule has 1 aliphatic heterocycles. The van der Waals surface area contributed by atoms with Crippen LogP contribution >= 0.6 is 31.9 Å². The average molecular weight is 576 g/mol. The minimum Gasteiger partial charge on any atom is -0.508 e. The number of carboxylic acids is 1. The second kappa shape index (κ2) is 7.88. The van der Waals surface area contributed by atoms with E-state index >= 15 is 0 Å². The van der Waals surface area contributed by atoms with Crippen molar-refractivity contribution in [2.75, 3.05) is 0 Å². The number of ether oxygens (including phenoxy) is 1. The zero-order chi connectivity index (χ0) is 24.4. The average Bonchev–Trinajstić information content (AvgIpc) is 3.08. The lowest BCUT2D eigenvalue weighted by Crippen LogP contribution is -2.31. The molecule has 0 unspecified atom stereocenters. The number of rotatable bonds is 3. The van der Waals surface area contributed by atoms with Crippen LogP contribution in [0.1, 0.15) is 59.7 Å². The molecule has 1 heterocycles. The van der Waals surface area contributed by atoms with Crippen molar-refractivity contribution in [3.05, 3.63) is 89.3 Å². The zero-order valence-corrected chi connectivity index (χ0v) is 21.4. The van der Waals surface area contributed by atoms with E-state index in [2.05, 4.69) is 31.9 Å². The fourth-order valence-electron chi connectivity index (χ4n) is 4.28. The molecule has 0 spiro atoms. The first-order chi connectivity index (χ1) is 15.4. The number of carbonyl (C=O) groups excluding carboxylic acids is 1. The maximum Gasteiger partial charge on any atom is 0.341 e. The van der Waals surface area contributed by atoms with E-state index in [1.807, 2.05) is 13.8 Å². The van der Waals surface area contributed by atoms with Gasteiger partial charge in [-0.15, -0.1) is 0 Å². The first-order valence-corrected chi connectivity index (χ1v) is 11.6. The van der Waals surface area contributed by atoms with E-state index in [4.69, 9.17) is 4.74 Å². The van der Waals surface area contributed by atoms with Crippen LogP contribution in [0.4, 0.5) is 0 Å². The van der Waals surface area contributed by atoms with Gasteiger partial charge in [-0.05, 0) is 68.1 Å². The summed E-state index contributed by atoms with van der Waals surface area (Å²) in [6, 6.07) is 7.52. The lowest BCUT2D eigenvalue weighted by atomic mass is 9.77. The summed E-state index contributed by atoms with van der Waals surface area (Å²) in [7, 11) is 0. The predicted molar refractivity (Wildman–Crippen MR) is 129 cm³/mol. The van der Waals surface area contributed by atoms with Gasteiger partial charge in [-0.25, -0.2) is 9.59 Å². The summed E-state index contributed by atoms with van der Waals surface area (Å²) in [5.74, 6) is -2.08. The molecule has 4 rings (SSSR count). The third kappa shape index (κ3) is 3.19. The lowest BCUT2D eigenvalue weighted by Gasteiger charge is -2.33. The standard InChI is InChI=1S/C25H20Br2O6/c1-10-12(3)21(26)16(8-18(10)28)25(17-9-19(29)11(2)13(4)22(17)27)15-7-5-6-14(23(30)31)20(15)24(32)33-25/h5-9,28-29H,1-4H3,(H,30,31). The van der Waals surface area contributed by atoms with Crippen molar-refractivity contribution < 1.29 is 29.6 Å². The molecule has 3 N–H and O–H groups in total. The van der Waals surface area contributed by atoms with Crippen LogP contribution in [0.25, 0.3) is 0 Å². The largest absolute Gasteiger partial charge is 0.508 e. The summed E-state index contributed by atoms with van der Waals surface area (Å²) in [6.07, 6.45) is 0. The van der Waals surface area contributed by atoms with Crippen LogP contribution in [-0.4, -0.2) is 27.3 Å². The van der Waals surface area contributed by atoms with E-state index in [0.717, 1.165) is 11.1 Å². The molecule has 3 aromatic rings. The Bertz CT molecular complexity index is 1310. The fraction of sp³-hybridized carbons (Fsp3) is 0.200. The van der Waals surface area contributed by atoms with Gasteiger partial charge in [0.2, 0.25) is 0 Å². The lowest BCUT2D eigenvalue weighted by molar-refractivity contribution is 0.0243. The molecule has 0 aromatic heterocycles. The molecule has 3 aromatic carbocycles. The van der Waals surface area contributed by atoms with Gasteiger partial charge in [0.25, 0.3) is 0 Å². The van der Waals surface area contributed by atoms with Gasteiger partial charge in [-0.2, -0.15) is 0 Å². The number of aromatic carboxylic acids is 1. The highest BCUT2D eigenvalue weighted by molar-refractivity contribution is 9.11. The number of benzene rings is 3. The fourth-order valence-corrected chi connectivity index (χ4v) is 5.66. The number of carboxylic acid groups (broad SMARTS) is 1.